The van der Waals surface area contributed by atoms with E-state index >= 15 is 0 Å². The van der Waals surface area contributed by atoms with E-state index in [0.29, 0.717) is 30.6 Å². The lowest BCUT2D eigenvalue weighted by Gasteiger charge is -2.37. The highest BCUT2D eigenvalue weighted by Gasteiger charge is 2.44. The van der Waals surface area contributed by atoms with Gasteiger partial charge in [-0.2, -0.15) is 13.2 Å². The van der Waals surface area contributed by atoms with Crippen molar-refractivity contribution in [1.29, 1.82) is 0 Å². The molecule has 6 nitrogen and oxygen atoms in total. The Bertz CT molecular complexity index is 992. The molecule has 0 unspecified atom stereocenters. The van der Waals surface area contributed by atoms with E-state index in [1.165, 1.54) is 24.1 Å². The van der Waals surface area contributed by atoms with Gasteiger partial charge in [0.1, 0.15) is 0 Å². The quantitative estimate of drug-likeness (QED) is 0.424. The number of fused-ring (bicyclic) bond motifs is 1. The van der Waals surface area contributed by atoms with Crippen LogP contribution in [-0.2, 0) is 27.0 Å². The predicted octanol–water partition coefficient (Wildman–Crippen LogP) is 3.76. The van der Waals surface area contributed by atoms with Crippen LogP contribution in [0, 0.1) is 11.8 Å². The summed E-state index contributed by atoms with van der Waals surface area (Å²) in [7, 11) is 3.00. The number of carbonyl (C=O) groups is 2. The summed E-state index contributed by atoms with van der Waals surface area (Å²) in [5.74, 6) is -0.947. The molecule has 35 heavy (non-hydrogen) atoms. The maximum absolute atomic E-state index is 13.0. The molecular weight excluding hydrogens is 506 g/mol. The van der Waals surface area contributed by atoms with Crippen molar-refractivity contribution in [2.75, 3.05) is 46.9 Å². The number of piperazine rings is 1. The number of ether oxygens (including phenoxy) is 1. The Morgan fingerprint density at radius 3 is 2.31 bits per heavy atom. The standard InChI is InChI=1S/C24H28F3N3O3.2ClH/c1-28-15-20(23(32)33-2)19-7-6-17(21(19)22(28)31)14-30-10-8-29(9-11-30)13-16-4-3-5-18(12-16)24(25,26)27;;/h3-6,12,15,19,21H,7-11,13-14H2,1-2H3;2*1H/t19-,21-;;/m1../s1. The first-order chi connectivity index (χ1) is 15.7. The van der Waals surface area contributed by atoms with Gasteiger partial charge in [-0.3, -0.25) is 14.6 Å². The fraction of sp³-hybridized carbons (Fsp3) is 0.500. The molecule has 4 rings (SSSR count). The van der Waals surface area contributed by atoms with Crippen LogP contribution < -0.4 is 0 Å². The molecule has 2 aliphatic heterocycles. The number of hydrogen-bond acceptors (Lipinski definition) is 5. The monoisotopic (exact) mass is 535 g/mol. The van der Waals surface area contributed by atoms with Gasteiger partial charge in [0.15, 0.2) is 0 Å². The Balaban J connectivity index is 0.00000216. The number of carbonyl (C=O) groups excluding carboxylic acids is 2. The summed E-state index contributed by atoms with van der Waals surface area (Å²) >= 11 is 0. The van der Waals surface area contributed by atoms with Crippen molar-refractivity contribution in [3.63, 3.8) is 0 Å². The molecular formula is C24H30Cl2F3N3O3. The Hall–Kier alpha value is -2.07. The third kappa shape index (κ3) is 6.39. The molecule has 1 aliphatic carbocycles. The number of methoxy groups -OCH3 is 1. The molecule has 3 aliphatic rings. The number of nitrogens with zero attached hydrogens (tertiary/aromatic N) is 3. The number of benzene rings is 1. The molecule has 0 bridgehead atoms. The van der Waals surface area contributed by atoms with E-state index < -0.39 is 17.7 Å². The maximum Gasteiger partial charge on any atom is 0.416 e. The molecule has 0 spiro atoms. The van der Waals surface area contributed by atoms with Crippen LogP contribution >= 0.6 is 24.8 Å². The Morgan fingerprint density at radius 2 is 1.71 bits per heavy atom. The van der Waals surface area contributed by atoms with Crippen molar-refractivity contribution in [3.8, 4) is 0 Å². The first kappa shape index (κ1) is 29.2. The van der Waals surface area contributed by atoms with E-state index in [2.05, 4.69) is 15.9 Å². The summed E-state index contributed by atoms with van der Waals surface area (Å²) in [6.07, 6.45) is -0.0536. The predicted molar refractivity (Wildman–Crippen MR) is 130 cm³/mol. The van der Waals surface area contributed by atoms with Crippen LogP contribution in [0.3, 0.4) is 0 Å². The lowest BCUT2D eigenvalue weighted by Crippen LogP contribution is -2.47. The zero-order valence-electron chi connectivity index (χ0n) is 19.6. The number of amides is 1. The number of rotatable bonds is 5. The maximum atomic E-state index is 13.0. The molecule has 11 heteroatoms. The minimum absolute atomic E-state index is 0. The van der Waals surface area contributed by atoms with Gasteiger partial charge in [-0.05, 0) is 23.6 Å². The van der Waals surface area contributed by atoms with Gasteiger partial charge >= 0.3 is 12.1 Å². The van der Waals surface area contributed by atoms with Gasteiger partial charge < -0.3 is 9.64 Å². The minimum Gasteiger partial charge on any atom is -0.466 e. The van der Waals surface area contributed by atoms with Gasteiger partial charge in [0.2, 0.25) is 5.91 Å². The first-order valence-corrected chi connectivity index (χ1v) is 11.0. The lowest BCUT2D eigenvalue weighted by atomic mass is 9.82. The van der Waals surface area contributed by atoms with Gasteiger partial charge in [-0.15, -0.1) is 24.8 Å². The molecule has 1 aromatic carbocycles. The SMILES string of the molecule is COC(=O)C1=CN(C)C(=O)[C@@H]2C(CN3CCN(Cc4cccc(C(F)(F)F)c4)CC3)=CC[C@H]12.Cl.Cl. The van der Waals surface area contributed by atoms with Crippen molar-refractivity contribution >= 4 is 36.7 Å². The van der Waals surface area contributed by atoms with Crippen molar-refractivity contribution in [2.45, 2.75) is 19.1 Å². The molecule has 1 aromatic rings. The minimum atomic E-state index is -4.34. The molecule has 1 saturated heterocycles. The van der Waals surface area contributed by atoms with Gasteiger partial charge in [-0.25, -0.2) is 4.79 Å². The smallest absolute Gasteiger partial charge is 0.416 e. The lowest BCUT2D eigenvalue weighted by molar-refractivity contribution is -0.139. The average molecular weight is 536 g/mol. The van der Waals surface area contributed by atoms with Crippen molar-refractivity contribution in [1.82, 2.24) is 14.7 Å². The normalized spacial score (nSPS) is 23.0. The highest BCUT2D eigenvalue weighted by atomic mass is 35.5. The molecule has 1 fully saturated rings. The molecule has 1 amide bonds. The third-order valence-corrected chi connectivity index (χ3v) is 6.73. The summed E-state index contributed by atoms with van der Waals surface area (Å²) in [6, 6.07) is 5.48. The van der Waals surface area contributed by atoms with Crippen LogP contribution in [-0.4, -0.2) is 73.5 Å². The Kier molecular flexibility index (Phi) is 9.81. The largest absolute Gasteiger partial charge is 0.466 e. The molecule has 2 atom stereocenters. The fourth-order valence-electron chi connectivity index (χ4n) is 4.98. The summed E-state index contributed by atoms with van der Waals surface area (Å²) in [5, 5.41) is 0. The van der Waals surface area contributed by atoms with Crippen LogP contribution in [0.5, 0.6) is 0 Å². The summed E-state index contributed by atoms with van der Waals surface area (Å²) in [4.78, 5) is 30.9. The second-order valence-electron chi connectivity index (χ2n) is 8.87. The molecule has 0 N–H and O–H groups in total. The van der Waals surface area contributed by atoms with Crippen LogP contribution in [0.4, 0.5) is 13.2 Å². The van der Waals surface area contributed by atoms with Gasteiger partial charge in [0, 0.05) is 58.4 Å². The van der Waals surface area contributed by atoms with E-state index in [9.17, 15) is 22.8 Å². The second-order valence-corrected chi connectivity index (χ2v) is 8.87. The number of esters is 1. The highest BCUT2D eigenvalue weighted by molar-refractivity contribution is 5.95. The van der Waals surface area contributed by atoms with Gasteiger partial charge in [0.05, 0.1) is 24.2 Å². The van der Waals surface area contributed by atoms with Gasteiger partial charge in [-0.1, -0.05) is 24.3 Å². The van der Waals surface area contributed by atoms with Crippen molar-refractivity contribution in [2.24, 2.45) is 11.8 Å². The topological polar surface area (TPSA) is 53.1 Å². The molecule has 194 valence electrons. The number of allylic oxidation sites excluding steroid dienone is 1. The van der Waals surface area contributed by atoms with Crippen molar-refractivity contribution < 1.29 is 27.5 Å². The molecule has 0 radical (unpaired) electrons. The Labute approximate surface area is 215 Å². The molecule has 2 heterocycles. The summed E-state index contributed by atoms with van der Waals surface area (Å²) in [6.45, 7) is 4.11. The molecule has 0 aromatic heterocycles. The summed E-state index contributed by atoms with van der Waals surface area (Å²) in [5.41, 5.74) is 1.58. The van der Waals surface area contributed by atoms with E-state index in [-0.39, 0.29) is 42.6 Å². The second kappa shape index (κ2) is 11.8. The average Bonchev–Trinajstić information content (AvgIpc) is 3.20. The van der Waals surface area contributed by atoms with Crippen LogP contribution in [0.2, 0.25) is 0 Å². The fourth-order valence-corrected chi connectivity index (χ4v) is 4.98. The van der Waals surface area contributed by atoms with E-state index in [1.807, 2.05) is 0 Å². The summed E-state index contributed by atoms with van der Waals surface area (Å²) < 4.78 is 43.8. The van der Waals surface area contributed by atoms with Crippen LogP contribution in [0.25, 0.3) is 0 Å². The van der Waals surface area contributed by atoms with Crippen molar-refractivity contribution in [3.05, 3.63) is 58.8 Å². The first-order valence-electron chi connectivity index (χ1n) is 11.0. The highest BCUT2D eigenvalue weighted by Crippen LogP contribution is 2.41. The van der Waals surface area contributed by atoms with E-state index in [4.69, 9.17) is 4.74 Å². The number of hydrogen-bond donors (Lipinski definition) is 0. The van der Waals surface area contributed by atoms with E-state index in [1.54, 1.807) is 19.3 Å². The van der Waals surface area contributed by atoms with Crippen LogP contribution in [0.1, 0.15) is 17.5 Å². The number of alkyl halides is 3. The third-order valence-electron chi connectivity index (χ3n) is 6.73. The zero-order valence-corrected chi connectivity index (χ0v) is 21.2. The zero-order chi connectivity index (χ0) is 23.8. The van der Waals surface area contributed by atoms with Gasteiger partial charge in [0.25, 0.3) is 0 Å². The van der Waals surface area contributed by atoms with E-state index in [0.717, 1.165) is 37.8 Å². The Morgan fingerprint density at radius 1 is 1.09 bits per heavy atom. The number of halogens is 5. The van der Waals surface area contributed by atoms with Crippen LogP contribution in [0.15, 0.2) is 47.7 Å². The molecule has 0 saturated carbocycles.